The minimum atomic E-state index is -0.0886. The second-order valence-corrected chi connectivity index (χ2v) is 8.03. The fourth-order valence-corrected chi connectivity index (χ4v) is 4.52. The number of benzene rings is 1. The van der Waals surface area contributed by atoms with Gasteiger partial charge in [0.05, 0.1) is 11.8 Å². The SMILES string of the molecule is O=C(c1ccsc1)c1coc2ccc(O)c(CN3CCN(c4cnccn4)CC3)c12. The Kier molecular flexibility index (Phi) is 4.94. The minimum Gasteiger partial charge on any atom is -0.508 e. The number of hydrogen-bond donors (Lipinski definition) is 1. The van der Waals surface area contributed by atoms with Gasteiger partial charge in [-0.2, -0.15) is 11.3 Å². The van der Waals surface area contributed by atoms with Crippen molar-refractivity contribution in [2.45, 2.75) is 6.54 Å². The van der Waals surface area contributed by atoms with Gasteiger partial charge in [0.2, 0.25) is 0 Å². The van der Waals surface area contributed by atoms with Gasteiger partial charge in [-0.25, -0.2) is 4.98 Å². The van der Waals surface area contributed by atoms with Crippen LogP contribution in [0.5, 0.6) is 5.75 Å². The highest BCUT2D eigenvalue weighted by molar-refractivity contribution is 7.08. The van der Waals surface area contributed by atoms with Crippen molar-refractivity contribution >= 4 is 33.9 Å². The molecule has 0 radical (unpaired) electrons. The Hall–Kier alpha value is -3.23. The Bertz CT molecular complexity index is 1170. The van der Waals surface area contributed by atoms with Crippen LogP contribution in [0.4, 0.5) is 5.82 Å². The molecule has 0 spiro atoms. The van der Waals surface area contributed by atoms with E-state index in [0.717, 1.165) is 37.6 Å². The van der Waals surface area contributed by atoms with E-state index >= 15 is 0 Å². The van der Waals surface area contributed by atoms with Crippen molar-refractivity contribution in [2.75, 3.05) is 31.1 Å². The van der Waals surface area contributed by atoms with Crippen LogP contribution in [0.3, 0.4) is 0 Å². The Morgan fingerprint density at radius 1 is 1.17 bits per heavy atom. The molecule has 0 amide bonds. The number of carbonyl (C=O) groups is 1. The van der Waals surface area contributed by atoms with Crippen LogP contribution in [-0.2, 0) is 6.54 Å². The van der Waals surface area contributed by atoms with Crippen LogP contribution in [0.1, 0.15) is 21.5 Å². The van der Waals surface area contributed by atoms with Crippen molar-refractivity contribution < 1.29 is 14.3 Å². The molecule has 152 valence electrons. The van der Waals surface area contributed by atoms with E-state index in [9.17, 15) is 9.90 Å². The first-order valence-electron chi connectivity index (χ1n) is 9.73. The molecular weight excluding hydrogens is 400 g/mol. The zero-order valence-electron chi connectivity index (χ0n) is 16.2. The van der Waals surface area contributed by atoms with E-state index < -0.39 is 0 Å². The molecule has 1 aliphatic heterocycles. The van der Waals surface area contributed by atoms with Gasteiger partial charge in [0, 0.05) is 67.0 Å². The number of piperazine rings is 1. The van der Waals surface area contributed by atoms with E-state index in [1.165, 1.54) is 17.6 Å². The third kappa shape index (κ3) is 3.44. The minimum absolute atomic E-state index is 0.0886. The Morgan fingerprint density at radius 3 is 2.77 bits per heavy atom. The van der Waals surface area contributed by atoms with Crippen molar-refractivity contribution in [1.82, 2.24) is 14.9 Å². The van der Waals surface area contributed by atoms with Gasteiger partial charge in [-0.15, -0.1) is 0 Å². The van der Waals surface area contributed by atoms with Gasteiger partial charge >= 0.3 is 0 Å². The molecular formula is C22H20N4O3S. The summed E-state index contributed by atoms with van der Waals surface area (Å²) >= 11 is 1.48. The number of rotatable bonds is 5. The first kappa shape index (κ1) is 18.8. The molecule has 5 rings (SSSR count). The highest BCUT2D eigenvalue weighted by Crippen LogP contribution is 2.34. The fourth-order valence-electron chi connectivity index (χ4n) is 3.88. The molecule has 7 nitrogen and oxygen atoms in total. The third-order valence-corrected chi connectivity index (χ3v) is 6.16. The van der Waals surface area contributed by atoms with Crippen LogP contribution in [0.25, 0.3) is 11.0 Å². The van der Waals surface area contributed by atoms with Crippen molar-refractivity contribution in [1.29, 1.82) is 0 Å². The average Bonchev–Trinajstić information content (AvgIpc) is 3.47. The van der Waals surface area contributed by atoms with Crippen molar-refractivity contribution in [3.8, 4) is 5.75 Å². The van der Waals surface area contributed by atoms with E-state index in [1.54, 1.807) is 36.8 Å². The smallest absolute Gasteiger partial charge is 0.197 e. The zero-order chi connectivity index (χ0) is 20.5. The predicted molar refractivity (Wildman–Crippen MR) is 115 cm³/mol. The fraction of sp³-hybridized carbons (Fsp3) is 0.227. The molecule has 0 atom stereocenters. The summed E-state index contributed by atoms with van der Waals surface area (Å²) in [5.74, 6) is 0.967. The number of fused-ring (bicyclic) bond motifs is 1. The standard InChI is InChI=1S/C22H20N4O3S/c27-18-1-2-19-21(17(13-29-19)22(28)15-3-10-30-14-15)16(18)12-25-6-8-26(9-7-25)20-11-23-4-5-24-20/h1-5,10-11,13-14,27H,6-9,12H2. The summed E-state index contributed by atoms with van der Waals surface area (Å²) in [6.45, 7) is 3.82. The lowest BCUT2D eigenvalue weighted by atomic mass is 9.99. The van der Waals surface area contributed by atoms with E-state index in [-0.39, 0.29) is 11.5 Å². The Labute approximate surface area is 177 Å². The normalized spacial score (nSPS) is 15.0. The molecule has 1 fully saturated rings. The number of ketones is 1. The van der Waals surface area contributed by atoms with Gasteiger partial charge in [0.1, 0.15) is 23.4 Å². The lowest BCUT2D eigenvalue weighted by molar-refractivity contribution is 0.104. The molecule has 8 heteroatoms. The molecule has 1 aromatic carbocycles. The molecule has 1 saturated heterocycles. The molecule has 0 unspecified atom stereocenters. The third-order valence-electron chi connectivity index (χ3n) is 5.48. The molecule has 1 aliphatic rings. The highest BCUT2D eigenvalue weighted by Gasteiger charge is 2.24. The first-order chi connectivity index (χ1) is 14.7. The van der Waals surface area contributed by atoms with Crippen LogP contribution in [0.15, 0.2) is 58.2 Å². The predicted octanol–water partition coefficient (Wildman–Crippen LogP) is 3.54. The number of carbonyl (C=O) groups excluding carboxylic acids is 1. The lowest BCUT2D eigenvalue weighted by Crippen LogP contribution is -2.46. The number of phenolic OH excluding ortho intramolecular Hbond substituents is 1. The zero-order valence-corrected chi connectivity index (χ0v) is 17.0. The summed E-state index contributed by atoms with van der Waals surface area (Å²) in [4.78, 5) is 26.0. The monoisotopic (exact) mass is 420 g/mol. The largest absolute Gasteiger partial charge is 0.508 e. The van der Waals surface area contributed by atoms with E-state index in [2.05, 4.69) is 19.8 Å². The number of thiophene rings is 1. The molecule has 3 aromatic heterocycles. The Morgan fingerprint density at radius 2 is 2.03 bits per heavy atom. The van der Waals surface area contributed by atoms with Crippen LogP contribution in [-0.4, -0.2) is 51.9 Å². The van der Waals surface area contributed by atoms with Crippen LogP contribution in [0.2, 0.25) is 0 Å². The number of hydrogen-bond acceptors (Lipinski definition) is 8. The molecule has 30 heavy (non-hydrogen) atoms. The molecule has 4 heterocycles. The van der Waals surface area contributed by atoms with Crippen molar-refractivity contribution in [2.24, 2.45) is 0 Å². The van der Waals surface area contributed by atoms with Gasteiger partial charge in [0.25, 0.3) is 0 Å². The maximum Gasteiger partial charge on any atom is 0.197 e. The van der Waals surface area contributed by atoms with Crippen LogP contribution < -0.4 is 4.90 Å². The van der Waals surface area contributed by atoms with E-state index in [0.29, 0.717) is 28.6 Å². The van der Waals surface area contributed by atoms with Gasteiger partial charge in [0.15, 0.2) is 5.78 Å². The molecule has 0 aliphatic carbocycles. The number of aromatic hydroxyl groups is 1. The van der Waals surface area contributed by atoms with E-state index in [4.69, 9.17) is 4.42 Å². The summed E-state index contributed by atoms with van der Waals surface area (Å²) in [6, 6.07) is 5.15. The summed E-state index contributed by atoms with van der Waals surface area (Å²) in [5, 5.41) is 15.0. The Balaban J connectivity index is 1.40. The number of furan rings is 1. The van der Waals surface area contributed by atoms with Gasteiger partial charge in [-0.1, -0.05) is 0 Å². The van der Waals surface area contributed by atoms with Crippen LogP contribution >= 0.6 is 11.3 Å². The number of anilines is 1. The summed E-state index contributed by atoms with van der Waals surface area (Å²) in [6.07, 6.45) is 6.64. The summed E-state index contributed by atoms with van der Waals surface area (Å²) < 4.78 is 5.66. The maximum absolute atomic E-state index is 13.0. The molecule has 1 N–H and O–H groups in total. The highest BCUT2D eigenvalue weighted by atomic mass is 32.1. The summed E-state index contributed by atoms with van der Waals surface area (Å²) in [7, 11) is 0. The number of phenols is 1. The summed E-state index contributed by atoms with van der Waals surface area (Å²) in [5.41, 5.74) is 2.47. The number of aromatic nitrogens is 2. The second kappa shape index (κ2) is 7.89. The quantitative estimate of drug-likeness (QED) is 0.495. The van der Waals surface area contributed by atoms with Gasteiger partial charge in [-0.05, 0) is 23.6 Å². The second-order valence-electron chi connectivity index (χ2n) is 7.25. The first-order valence-corrected chi connectivity index (χ1v) is 10.7. The average molecular weight is 420 g/mol. The van der Waals surface area contributed by atoms with Crippen molar-refractivity contribution in [3.63, 3.8) is 0 Å². The lowest BCUT2D eigenvalue weighted by Gasteiger charge is -2.35. The molecule has 0 saturated carbocycles. The number of nitrogens with zero attached hydrogens (tertiary/aromatic N) is 4. The topological polar surface area (TPSA) is 82.7 Å². The van der Waals surface area contributed by atoms with Gasteiger partial charge < -0.3 is 14.4 Å². The molecule has 4 aromatic rings. The van der Waals surface area contributed by atoms with Gasteiger partial charge in [-0.3, -0.25) is 14.7 Å². The maximum atomic E-state index is 13.0. The molecule has 0 bridgehead atoms. The van der Waals surface area contributed by atoms with E-state index in [1.807, 2.05) is 10.8 Å². The van der Waals surface area contributed by atoms with Crippen molar-refractivity contribution in [3.05, 3.63) is 70.5 Å². The van der Waals surface area contributed by atoms with Crippen LogP contribution in [0, 0.1) is 0 Å².